The molecule has 84 valence electrons. The Bertz CT molecular complexity index is 490. The van der Waals surface area contributed by atoms with Crippen molar-refractivity contribution in [3.05, 3.63) is 35.2 Å². The maximum absolute atomic E-state index is 8.69. The summed E-state index contributed by atoms with van der Waals surface area (Å²) in [5, 5.41) is 13.0. The highest BCUT2D eigenvalue weighted by molar-refractivity contribution is 6.28. The quantitative estimate of drug-likeness (QED) is 0.623. The molecule has 1 heterocycles. The maximum atomic E-state index is 8.69. The minimum atomic E-state index is 0.108. The van der Waals surface area contributed by atoms with E-state index in [0.29, 0.717) is 13.1 Å². The SMILES string of the molecule is OCCNCc1nc(Cl)nc2ccccc12. The van der Waals surface area contributed by atoms with Gasteiger partial charge in [-0.2, -0.15) is 0 Å². The molecular weight excluding hydrogens is 226 g/mol. The molecule has 0 saturated carbocycles. The fraction of sp³-hybridized carbons (Fsp3) is 0.273. The second-order valence-corrected chi connectivity index (χ2v) is 3.69. The summed E-state index contributed by atoms with van der Waals surface area (Å²) < 4.78 is 0. The second-order valence-electron chi connectivity index (χ2n) is 3.36. The summed E-state index contributed by atoms with van der Waals surface area (Å²) in [5.74, 6) is 0. The van der Waals surface area contributed by atoms with Crippen molar-refractivity contribution in [2.24, 2.45) is 0 Å². The highest BCUT2D eigenvalue weighted by Gasteiger charge is 2.05. The summed E-state index contributed by atoms with van der Waals surface area (Å²) in [6.45, 7) is 1.22. The monoisotopic (exact) mass is 237 g/mol. The van der Waals surface area contributed by atoms with Crippen molar-refractivity contribution in [1.29, 1.82) is 0 Å². The van der Waals surface area contributed by atoms with Gasteiger partial charge in [0.15, 0.2) is 0 Å². The van der Waals surface area contributed by atoms with Gasteiger partial charge in [0.2, 0.25) is 5.28 Å². The number of aliphatic hydroxyl groups is 1. The van der Waals surface area contributed by atoms with Gasteiger partial charge in [-0.25, -0.2) is 9.97 Å². The number of nitrogens with one attached hydrogen (secondary N) is 1. The first-order chi connectivity index (χ1) is 7.81. The molecule has 2 aromatic rings. The van der Waals surface area contributed by atoms with Gasteiger partial charge in [0, 0.05) is 18.5 Å². The average molecular weight is 238 g/mol. The zero-order valence-electron chi connectivity index (χ0n) is 8.65. The minimum absolute atomic E-state index is 0.108. The zero-order chi connectivity index (χ0) is 11.4. The topological polar surface area (TPSA) is 58.0 Å². The number of hydrogen-bond donors (Lipinski definition) is 2. The summed E-state index contributed by atoms with van der Waals surface area (Å²) in [7, 11) is 0. The van der Waals surface area contributed by atoms with E-state index >= 15 is 0 Å². The Morgan fingerprint density at radius 3 is 2.88 bits per heavy atom. The van der Waals surface area contributed by atoms with Gasteiger partial charge in [-0.05, 0) is 17.7 Å². The van der Waals surface area contributed by atoms with E-state index in [9.17, 15) is 0 Å². The van der Waals surface area contributed by atoms with Gasteiger partial charge in [-0.1, -0.05) is 18.2 Å². The van der Waals surface area contributed by atoms with Crippen LogP contribution in [0.25, 0.3) is 10.9 Å². The van der Waals surface area contributed by atoms with Gasteiger partial charge in [-0.3, -0.25) is 0 Å². The third-order valence-corrected chi connectivity index (χ3v) is 2.40. The Morgan fingerprint density at radius 2 is 2.06 bits per heavy atom. The number of fused-ring (bicyclic) bond motifs is 1. The smallest absolute Gasteiger partial charge is 0.223 e. The Morgan fingerprint density at radius 1 is 1.25 bits per heavy atom. The minimum Gasteiger partial charge on any atom is -0.395 e. The van der Waals surface area contributed by atoms with Crippen LogP contribution < -0.4 is 5.32 Å². The lowest BCUT2D eigenvalue weighted by Crippen LogP contribution is -2.18. The van der Waals surface area contributed by atoms with Crippen molar-refractivity contribution in [3.8, 4) is 0 Å². The number of halogens is 1. The van der Waals surface area contributed by atoms with Crippen molar-refractivity contribution in [2.75, 3.05) is 13.2 Å². The van der Waals surface area contributed by atoms with Crippen molar-refractivity contribution >= 4 is 22.5 Å². The molecule has 0 bridgehead atoms. The molecule has 0 fully saturated rings. The largest absolute Gasteiger partial charge is 0.395 e. The molecule has 1 aromatic heterocycles. The molecule has 0 saturated heterocycles. The van der Waals surface area contributed by atoms with Crippen LogP contribution in [0.5, 0.6) is 0 Å². The lowest BCUT2D eigenvalue weighted by atomic mass is 10.2. The molecule has 0 aliphatic heterocycles. The van der Waals surface area contributed by atoms with Crippen LogP contribution in [0, 0.1) is 0 Å². The van der Waals surface area contributed by atoms with E-state index in [0.717, 1.165) is 16.6 Å². The van der Waals surface area contributed by atoms with Gasteiger partial charge in [-0.15, -0.1) is 0 Å². The van der Waals surface area contributed by atoms with E-state index in [1.54, 1.807) is 0 Å². The van der Waals surface area contributed by atoms with Gasteiger partial charge >= 0.3 is 0 Å². The number of benzene rings is 1. The summed E-state index contributed by atoms with van der Waals surface area (Å²) >= 11 is 5.84. The molecule has 4 nitrogen and oxygen atoms in total. The van der Waals surface area contributed by atoms with E-state index in [1.807, 2.05) is 24.3 Å². The van der Waals surface area contributed by atoms with Gasteiger partial charge in [0.05, 0.1) is 17.8 Å². The first-order valence-corrected chi connectivity index (χ1v) is 5.42. The first-order valence-electron chi connectivity index (χ1n) is 5.04. The van der Waals surface area contributed by atoms with Crippen LogP contribution in [-0.2, 0) is 6.54 Å². The van der Waals surface area contributed by atoms with Crippen LogP contribution in [0.2, 0.25) is 5.28 Å². The average Bonchev–Trinajstić information content (AvgIpc) is 2.29. The standard InChI is InChI=1S/C11H12ClN3O/c12-11-14-9-4-2-1-3-8(9)10(15-11)7-13-5-6-16/h1-4,13,16H,5-7H2. The zero-order valence-corrected chi connectivity index (χ0v) is 9.41. The Kier molecular flexibility index (Phi) is 3.66. The molecule has 2 N–H and O–H groups in total. The van der Waals surface area contributed by atoms with Crippen LogP contribution in [0.4, 0.5) is 0 Å². The van der Waals surface area contributed by atoms with Crippen molar-refractivity contribution in [3.63, 3.8) is 0 Å². The van der Waals surface area contributed by atoms with Gasteiger partial charge in [0.1, 0.15) is 0 Å². The predicted molar refractivity (Wildman–Crippen MR) is 63.3 cm³/mol. The molecule has 0 spiro atoms. The first kappa shape index (κ1) is 11.3. The fourth-order valence-electron chi connectivity index (χ4n) is 1.53. The lowest BCUT2D eigenvalue weighted by Gasteiger charge is -2.06. The third kappa shape index (κ3) is 2.47. The van der Waals surface area contributed by atoms with Crippen molar-refractivity contribution in [2.45, 2.75) is 6.54 Å². The number of para-hydroxylation sites is 1. The summed E-state index contributed by atoms with van der Waals surface area (Å²) in [6, 6.07) is 7.71. The van der Waals surface area contributed by atoms with Gasteiger partial charge < -0.3 is 10.4 Å². The van der Waals surface area contributed by atoms with E-state index < -0.39 is 0 Å². The number of rotatable bonds is 4. The number of aliphatic hydroxyl groups excluding tert-OH is 1. The summed E-state index contributed by atoms with van der Waals surface area (Å²) in [6.07, 6.45) is 0. The van der Waals surface area contributed by atoms with Crippen molar-refractivity contribution < 1.29 is 5.11 Å². The number of aromatic nitrogens is 2. The Balaban J connectivity index is 2.34. The van der Waals surface area contributed by atoms with E-state index in [1.165, 1.54) is 0 Å². The molecule has 5 heteroatoms. The Labute approximate surface area is 98.3 Å². The molecular formula is C11H12ClN3O. The van der Waals surface area contributed by atoms with Crippen LogP contribution in [0.15, 0.2) is 24.3 Å². The molecule has 0 radical (unpaired) electrons. The molecule has 0 aliphatic carbocycles. The van der Waals surface area contributed by atoms with Gasteiger partial charge in [0.25, 0.3) is 0 Å². The summed E-state index contributed by atoms with van der Waals surface area (Å²) in [5.41, 5.74) is 1.69. The normalized spacial score (nSPS) is 10.9. The molecule has 0 unspecified atom stereocenters. The molecule has 16 heavy (non-hydrogen) atoms. The molecule has 1 aromatic carbocycles. The third-order valence-electron chi connectivity index (χ3n) is 2.24. The second kappa shape index (κ2) is 5.21. The van der Waals surface area contributed by atoms with E-state index in [-0.39, 0.29) is 11.9 Å². The molecule has 0 amide bonds. The summed E-state index contributed by atoms with van der Waals surface area (Å²) in [4.78, 5) is 8.33. The highest BCUT2D eigenvalue weighted by Crippen LogP contribution is 2.17. The van der Waals surface area contributed by atoms with Crippen LogP contribution in [-0.4, -0.2) is 28.2 Å². The maximum Gasteiger partial charge on any atom is 0.223 e. The van der Waals surface area contributed by atoms with Crippen LogP contribution >= 0.6 is 11.6 Å². The fourth-order valence-corrected chi connectivity index (χ4v) is 1.72. The predicted octanol–water partition coefficient (Wildman–Crippen LogP) is 1.37. The van der Waals surface area contributed by atoms with E-state index in [4.69, 9.17) is 16.7 Å². The Hall–Kier alpha value is -1.23. The highest BCUT2D eigenvalue weighted by atomic mass is 35.5. The molecule has 2 rings (SSSR count). The molecule has 0 atom stereocenters. The molecule has 0 aliphatic rings. The number of nitrogens with zero attached hydrogens (tertiary/aromatic N) is 2. The van der Waals surface area contributed by atoms with Crippen LogP contribution in [0.3, 0.4) is 0 Å². The van der Waals surface area contributed by atoms with Crippen LogP contribution in [0.1, 0.15) is 5.69 Å². The number of hydrogen-bond acceptors (Lipinski definition) is 4. The van der Waals surface area contributed by atoms with E-state index in [2.05, 4.69) is 15.3 Å². The lowest BCUT2D eigenvalue weighted by molar-refractivity contribution is 0.292. The van der Waals surface area contributed by atoms with Crippen molar-refractivity contribution in [1.82, 2.24) is 15.3 Å².